The van der Waals surface area contributed by atoms with Crippen molar-refractivity contribution in [1.29, 1.82) is 0 Å². The Morgan fingerprint density at radius 1 is 1.00 bits per heavy atom. The van der Waals surface area contributed by atoms with Crippen LogP contribution in [0.5, 0.6) is 0 Å². The van der Waals surface area contributed by atoms with Crippen LogP contribution in [0.1, 0.15) is 27.2 Å². The van der Waals surface area contributed by atoms with Crippen LogP contribution in [0.3, 0.4) is 0 Å². The molecular weight excluding hydrogens is 308 g/mol. The molecule has 0 aliphatic heterocycles. The van der Waals surface area contributed by atoms with Crippen LogP contribution in [0, 0.1) is 11.8 Å². The van der Waals surface area contributed by atoms with E-state index in [-0.39, 0.29) is 5.04 Å². The molecule has 0 heterocycles. The van der Waals surface area contributed by atoms with Gasteiger partial charge in [-0.2, -0.15) is 0 Å². The Morgan fingerprint density at radius 2 is 1.50 bits per heavy atom. The molecule has 1 fully saturated rings. The minimum atomic E-state index is -2.35. The lowest BCUT2D eigenvalue weighted by atomic mass is 10.2. The zero-order valence-corrected chi connectivity index (χ0v) is 16.0. The lowest BCUT2D eigenvalue weighted by Crippen LogP contribution is -2.66. The van der Waals surface area contributed by atoms with E-state index in [1.54, 1.807) is 0 Å². The third-order valence-electron chi connectivity index (χ3n) is 5.21. The Labute approximate surface area is 147 Å². The first kappa shape index (κ1) is 17.2. The molecule has 0 N–H and O–H groups in total. The van der Waals surface area contributed by atoms with E-state index in [1.807, 2.05) is 0 Å². The largest absolute Gasteiger partial charge is 0.407 e. The van der Waals surface area contributed by atoms with Gasteiger partial charge in [-0.1, -0.05) is 87.5 Å². The summed E-state index contributed by atoms with van der Waals surface area (Å²) in [5.41, 5.74) is 0. The summed E-state index contributed by atoms with van der Waals surface area (Å²) in [7, 11) is -2.35. The average Bonchev–Trinajstić information content (AvgIpc) is 3.35. The smallest absolute Gasteiger partial charge is 0.261 e. The van der Waals surface area contributed by atoms with Crippen LogP contribution in [-0.2, 0) is 4.43 Å². The number of hydrogen-bond donors (Lipinski definition) is 0. The molecule has 2 heteroatoms. The molecular formula is C22H28OSi. The van der Waals surface area contributed by atoms with E-state index in [4.69, 9.17) is 4.43 Å². The fraction of sp³-hybridized carbons (Fsp3) is 0.364. The Hall–Kier alpha value is -1.64. The summed E-state index contributed by atoms with van der Waals surface area (Å²) in [5.74, 6) is 1.28. The second-order valence-corrected chi connectivity index (χ2v) is 12.2. The second-order valence-electron chi connectivity index (χ2n) is 7.87. The fourth-order valence-corrected chi connectivity index (χ4v) is 8.36. The monoisotopic (exact) mass is 336 g/mol. The van der Waals surface area contributed by atoms with Crippen LogP contribution in [0.25, 0.3) is 0 Å². The van der Waals surface area contributed by atoms with Crippen molar-refractivity contribution in [2.24, 2.45) is 11.8 Å². The molecule has 0 bridgehead atoms. The van der Waals surface area contributed by atoms with Crippen LogP contribution >= 0.6 is 0 Å². The summed E-state index contributed by atoms with van der Waals surface area (Å²) >= 11 is 0. The van der Waals surface area contributed by atoms with Gasteiger partial charge >= 0.3 is 0 Å². The minimum Gasteiger partial charge on any atom is -0.407 e. The van der Waals surface area contributed by atoms with E-state index in [1.165, 1.54) is 16.8 Å². The van der Waals surface area contributed by atoms with Crippen molar-refractivity contribution in [3.63, 3.8) is 0 Å². The van der Waals surface area contributed by atoms with Crippen molar-refractivity contribution < 1.29 is 4.43 Å². The molecule has 0 unspecified atom stereocenters. The van der Waals surface area contributed by atoms with Gasteiger partial charge in [-0.3, -0.25) is 0 Å². The first-order chi connectivity index (χ1) is 11.5. The molecule has 126 valence electrons. The molecule has 0 spiro atoms. The highest BCUT2D eigenvalue weighted by atomic mass is 28.4. The molecule has 2 atom stereocenters. The van der Waals surface area contributed by atoms with Crippen molar-refractivity contribution in [1.82, 2.24) is 0 Å². The number of allylic oxidation sites excluding steroid dienone is 1. The molecule has 0 radical (unpaired) electrons. The van der Waals surface area contributed by atoms with Gasteiger partial charge in [0, 0.05) is 6.61 Å². The Morgan fingerprint density at radius 3 is 1.88 bits per heavy atom. The highest BCUT2D eigenvalue weighted by Gasteiger charge is 2.51. The molecule has 0 amide bonds. The lowest BCUT2D eigenvalue weighted by molar-refractivity contribution is 0.277. The number of benzene rings is 2. The molecule has 0 aromatic heterocycles. The Kier molecular flexibility index (Phi) is 4.80. The normalized spacial score (nSPS) is 20.6. The molecule has 1 nitrogen and oxygen atoms in total. The number of hydrogen-bond acceptors (Lipinski definition) is 1. The van der Waals surface area contributed by atoms with Gasteiger partial charge < -0.3 is 4.43 Å². The maximum Gasteiger partial charge on any atom is 0.261 e. The minimum absolute atomic E-state index is 0.0638. The first-order valence-electron chi connectivity index (χ1n) is 8.86. The summed E-state index contributed by atoms with van der Waals surface area (Å²) in [6.45, 7) is 11.8. The summed E-state index contributed by atoms with van der Waals surface area (Å²) in [5, 5.41) is 2.79. The van der Waals surface area contributed by atoms with Gasteiger partial charge in [0.2, 0.25) is 0 Å². The zero-order valence-electron chi connectivity index (χ0n) is 15.0. The summed E-state index contributed by atoms with van der Waals surface area (Å²) in [6, 6.07) is 21.7. The summed E-state index contributed by atoms with van der Waals surface area (Å²) in [4.78, 5) is 0. The Balaban J connectivity index is 2.05. The summed E-state index contributed by atoms with van der Waals surface area (Å²) < 4.78 is 6.91. The average molecular weight is 337 g/mol. The van der Waals surface area contributed by atoms with Crippen LogP contribution in [0.4, 0.5) is 0 Å². The van der Waals surface area contributed by atoms with Crippen molar-refractivity contribution in [3.05, 3.63) is 73.3 Å². The van der Waals surface area contributed by atoms with Crippen LogP contribution < -0.4 is 10.4 Å². The van der Waals surface area contributed by atoms with E-state index < -0.39 is 8.32 Å². The van der Waals surface area contributed by atoms with Gasteiger partial charge in [-0.05, 0) is 33.7 Å². The summed E-state index contributed by atoms with van der Waals surface area (Å²) in [6.07, 6.45) is 3.31. The highest BCUT2D eigenvalue weighted by Crippen LogP contribution is 2.42. The van der Waals surface area contributed by atoms with E-state index in [2.05, 4.69) is 94.1 Å². The molecule has 1 saturated carbocycles. The predicted molar refractivity (Wildman–Crippen MR) is 105 cm³/mol. The van der Waals surface area contributed by atoms with E-state index in [0.29, 0.717) is 11.8 Å². The lowest BCUT2D eigenvalue weighted by Gasteiger charge is -2.43. The van der Waals surface area contributed by atoms with Crippen molar-refractivity contribution in [3.8, 4) is 0 Å². The third kappa shape index (κ3) is 3.13. The first-order valence-corrected chi connectivity index (χ1v) is 10.8. The van der Waals surface area contributed by atoms with Gasteiger partial charge in [0.05, 0.1) is 0 Å². The maximum absolute atomic E-state index is 6.91. The van der Waals surface area contributed by atoms with Crippen LogP contribution in [0.2, 0.25) is 5.04 Å². The van der Waals surface area contributed by atoms with Crippen LogP contribution in [-0.4, -0.2) is 14.9 Å². The predicted octanol–water partition coefficient (Wildman–Crippen LogP) is 4.39. The van der Waals surface area contributed by atoms with Crippen molar-refractivity contribution >= 4 is 18.7 Å². The van der Waals surface area contributed by atoms with Gasteiger partial charge in [0.1, 0.15) is 0 Å². The Bertz CT molecular complexity index is 633. The fourth-order valence-electron chi connectivity index (χ4n) is 3.74. The molecule has 1 aliphatic carbocycles. The van der Waals surface area contributed by atoms with Crippen LogP contribution in [0.15, 0.2) is 73.3 Å². The van der Waals surface area contributed by atoms with Gasteiger partial charge in [-0.15, -0.1) is 6.58 Å². The molecule has 2 aromatic rings. The maximum atomic E-state index is 6.91. The van der Waals surface area contributed by atoms with E-state index in [0.717, 1.165) is 6.61 Å². The number of rotatable bonds is 6. The zero-order chi connectivity index (χ0) is 17.2. The van der Waals surface area contributed by atoms with Gasteiger partial charge in [-0.25, -0.2) is 0 Å². The van der Waals surface area contributed by atoms with Crippen molar-refractivity contribution in [2.75, 3.05) is 6.61 Å². The molecule has 2 aromatic carbocycles. The molecule has 3 rings (SSSR count). The third-order valence-corrected chi connectivity index (χ3v) is 10.2. The SMILES string of the molecule is C=C[C@@H]1C[C@@H]1CO[Si](c1ccccc1)(c1ccccc1)C(C)(C)C. The second kappa shape index (κ2) is 6.70. The quantitative estimate of drug-likeness (QED) is 0.562. The molecule has 24 heavy (non-hydrogen) atoms. The molecule has 1 aliphatic rings. The standard InChI is InChI=1S/C22H28OSi/c1-5-18-16-19(18)17-23-24(22(2,3)4,20-12-8-6-9-13-20)21-14-10-7-11-15-21/h5-15,18-19H,1,16-17H2,2-4H3/t18-,19-/m1/s1. The van der Waals surface area contributed by atoms with Crippen molar-refractivity contribution in [2.45, 2.75) is 32.2 Å². The van der Waals surface area contributed by atoms with Gasteiger partial charge in [0.25, 0.3) is 8.32 Å². The topological polar surface area (TPSA) is 9.23 Å². The van der Waals surface area contributed by atoms with E-state index >= 15 is 0 Å². The molecule has 0 saturated heterocycles. The van der Waals surface area contributed by atoms with E-state index in [9.17, 15) is 0 Å². The highest BCUT2D eigenvalue weighted by molar-refractivity contribution is 6.99. The van der Waals surface area contributed by atoms with Gasteiger partial charge in [0.15, 0.2) is 0 Å².